The van der Waals surface area contributed by atoms with Gasteiger partial charge in [0.2, 0.25) is 0 Å². The van der Waals surface area contributed by atoms with Gasteiger partial charge in [-0.05, 0) is 19.1 Å². The lowest BCUT2D eigenvalue weighted by molar-refractivity contribution is 0.251. The summed E-state index contributed by atoms with van der Waals surface area (Å²) in [6.45, 7) is 2.11. The Kier molecular flexibility index (Phi) is 5.27. The second-order valence-electron chi connectivity index (χ2n) is 5.69. The Morgan fingerprint density at radius 2 is 2.11 bits per heavy atom. The number of nitrogen functional groups attached to an aromatic ring is 2. The van der Waals surface area contributed by atoms with Crippen LogP contribution < -0.4 is 22.1 Å². The highest BCUT2D eigenvalue weighted by atomic mass is 32.1. The lowest BCUT2D eigenvalue weighted by atomic mass is 10.0. The average Bonchev–Trinajstić information content (AvgIpc) is 3.05. The van der Waals surface area contributed by atoms with Crippen molar-refractivity contribution in [2.45, 2.75) is 13.5 Å². The van der Waals surface area contributed by atoms with Crippen LogP contribution in [0.5, 0.6) is 0 Å². The standard InChI is InChI=1S/C17H18N8OS/c1-9-4-10(2-3-21-9)16(20)11-6-22-14(5-12(11)18)25-17(26)23-7-15-24-13(19)8-27-15/h2-6,8,20H,7,19H2,1H3,(H4,18,22,23,25,26). The lowest BCUT2D eigenvalue weighted by Gasteiger charge is -2.11. The minimum atomic E-state index is -0.441. The third-order valence-corrected chi connectivity index (χ3v) is 4.47. The minimum Gasteiger partial charge on any atom is -0.398 e. The van der Waals surface area contributed by atoms with Gasteiger partial charge in [-0.3, -0.25) is 15.7 Å². The van der Waals surface area contributed by atoms with Crippen molar-refractivity contribution in [2.75, 3.05) is 16.8 Å². The van der Waals surface area contributed by atoms with Gasteiger partial charge in [-0.2, -0.15) is 0 Å². The summed E-state index contributed by atoms with van der Waals surface area (Å²) in [5.74, 6) is 0.709. The van der Waals surface area contributed by atoms with Crippen LogP contribution in [0.4, 0.5) is 22.1 Å². The van der Waals surface area contributed by atoms with Gasteiger partial charge in [0.05, 0.1) is 12.3 Å². The van der Waals surface area contributed by atoms with Crippen LogP contribution in [-0.4, -0.2) is 26.7 Å². The Balaban J connectivity index is 1.65. The maximum Gasteiger partial charge on any atom is 0.320 e. The number of hydrogen-bond acceptors (Lipinski definition) is 8. The third kappa shape index (κ3) is 4.55. The van der Waals surface area contributed by atoms with Gasteiger partial charge in [0.25, 0.3) is 0 Å². The first-order chi connectivity index (χ1) is 12.9. The van der Waals surface area contributed by atoms with Crippen LogP contribution in [0.1, 0.15) is 21.8 Å². The van der Waals surface area contributed by atoms with Crippen LogP contribution in [0.15, 0.2) is 36.0 Å². The Morgan fingerprint density at radius 1 is 1.30 bits per heavy atom. The number of carbonyl (C=O) groups is 1. The van der Waals surface area contributed by atoms with Gasteiger partial charge in [-0.25, -0.2) is 14.8 Å². The van der Waals surface area contributed by atoms with Gasteiger partial charge in [-0.1, -0.05) is 0 Å². The summed E-state index contributed by atoms with van der Waals surface area (Å²) >= 11 is 1.36. The van der Waals surface area contributed by atoms with Crippen molar-refractivity contribution in [3.05, 3.63) is 57.8 Å². The van der Waals surface area contributed by atoms with E-state index in [0.717, 1.165) is 5.69 Å². The predicted molar refractivity (Wildman–Crippen MR) is 106 cm³/mol. The molecule has 2 amide bonds. The summed E-state index contributed by atoms with van der Waals surface area (Å²) in [5, 5.41) is 16.0. The van der Waals surface area contributed by atoms with Crippen LogP contribution in [0, 0.1) is 12.3 Å². The molecule has 3 aromatic rings. The highest BCUT2D eigenvalue weighted by molar-refractivity contribution is 7.10. The molecule has 0 saturated heterocycles. The fourth-order valence-corrected chi connectivity index (χ4v) is 2.95. The Hall–Kier alpha value is -3.53. The summed E-state index contributed by atoms with van der Waals surface area (Å²) < 4.78 is 0. The predicted octanol–water partition coefficient (Wildman–Crippen LogP) is 2.14. The first-order valence-electron chi connectivity index (χ1n) is 7.94. The van der Waals surface area contributed by atoms with E-state index < -0.39 is 6.03 Å². The molecule has 10 heteroatoms. The van der Waals surface area contributed by atoms with Crippen molar-refractivity contribution in [3.63, 3.8) is 0 Å². The SMILES string of the molecule is Cc1cc(C(=N)c2cnc(NC(=O)NCc3nc(N)cs3)cc2N)ccn1. The maximum atomic E-state index is 12.0. The molecule has 7 N–H and O–H groups in total. The molecular formula is C17H18N8OS. The number of rotatable bonds is 5. The zero-order valence-electron chi connectivity index (χ0n) is 14.5. The lowest BCUT2D eigenvalue weighted by Crippen LogP contribution is -2.28. The quantitative estimate of drug-likeness (QED) is 0.426. The number of aryl methyl sites for hydroxylation is 1. The summed E-state index contributed by atoms with van der Waals surface area (Å²) in [7, 11) is 0. The van der Waals surface area contributed by atoms with E-state index in [1.165, 1.54) is 23.6 Å². The Labute approximate surface area is 159 Å². The van der Waals surface area contributed by atoms with Gasteiger partial charge in [0.1, 0.15) is 16.6 Å². The number of urea groups is 1. The Morgan fingerprint density at radius 3 is 2.78 bits per heavy atom. The Bertz CT molecular complexity index is 1000. The highest BCUT2D eigenvalue weighted by Crippen LogP contribution is 2.19. The first kappa shape index (κ1) is 18.3. The fraction of sp³-hybridized carbons (Fsp3) is 0.118. The minimum absolute atomic E-state index is 0.239. The van der Waals surface area contributed by atoms with Crippen LogP contribution in [0.25, 0.3) is 0 Å². The monoisotopic (exact) mass is 382 g/mol. The molecule has 3 rings (SSSR count). The van der Waals surface area contributed by atoms with E-state index >= 15 is 0 Å². The van der Waals surface area contributed by atoms with Crippen molar-refractivity contribution < 1.29 is 4.79 Å². The molecule has 9 nitrogen and oxygen atoms in total. The van der Waals surface area contributed by atoms with E-state index in [4.69, 9.17) is 16.9 Å². The van der Waals surface area contributed by atoms with Crippen LogP contribution in [-0.2, 0) is 6.54 Å². The number of carbonyl (C=O) groups excluding carboxylic acids is 1. The average molecular weight is 382 g/mol. The largest absolute Gasteiger partial charge is 0.398 e. The van der Waals surface area contributed by atoms with E-state index in [1.54, 1.807) is 23.7 Å². The second kappa shape index (κ2) is 7.79. The summed E-state index contributed by atoms with van der Waals surface area (Å²) in [4.78, 5) is 24.3. The van der Waals surface area contributed by atoms with Crippen LogP contribution in [0.2, 0.25) is 0 Å². The number of aromatic nitrogens is 3. The van der Waals surface area contributed by atoms with E-state index in [2.05, 4.69) is 25.6 Å². The zero-order valence-corrected chi connectivity index (χ0v) is 15.3. The van der Waals surface area contributed by atoms with E-state index in [1.807, 2.05) is 6.92 Å². The number of nitrogens with one attached hydrogen (secondary N) is 3. The van der Waals surface area contributed by atoms with E-state index in [-0.39, 0.29) is 18.1 Å². The molecule has 3 heterocycles. The number of thiazole rings is 1. The van der Waals surface area contributed by atoms with E-state index in [0.29, 0.717) is 27.6 Å². The van der Waals surface area contributed by atoms with Crippen molar-refractivity contribution in [1.29, 1.82) is 5.41 Å². The van der Waals surface area contributed by atoms with Crippen LogP contribution >= 0.6 is 11.3 Å². The second-order valence-corrected chi connectivity index (χ2v) is 6.63. The first-order valence-corrected chi connectivity index (χ1v) is 8.82. The number of amides is 2. The molecule has 0 spiro atoms. The molecule has 0 aliphatic rings. The summed E-state index contributed by atoms with van der Waals surface area (Å²) in [6.07, 6.45) is 3.10. The summed E-state index contributed by atoms with van der Waals surface area (Å²) in [5.41, 5.74) is 14.1. The van der Waals surface area contributed by atoms with Gasteiger partial charge >= 0.3 is 6.03 Å². The molecule has 0 aromatic carbocycles. The molecule has 0 radical (unpaired) electrons. The molecule has 0 fully saturated rings. The number of nitrogens with zero attached hydrogens (tertiary/aromatic N) is 3. The molecule has 0 aliphatic carbocycles. The van der Waals surface area contributed by atoms with Crippen molar-refractivity contribution in [1.82, 2.24) is 20.3 Å². The summed E-state index contributed by atoms with van der Waals surface area (Å²) in [6, 6.07) is 4.61. The fourth-order valence-electron chi connectivity index (χ4n) is 2.33. The number of pyridine rings is 2. The van der Waals surface area contributed by atoms with Crippen molar-refractivity contribution >= 4 is 40.4 Å². The highest BCUT2D eigenvalue weighted by Gasteiger charge is 2.12. The smallest absolute Gasteiger partial charge is 0.320 e. The molecule has 0 atom stereocenters. The van der Waals surface area contributed by atoms with Gasteiger partial charge in [0.15, 0.2) is 0 Å². The molecule has 27 heavy (non-hydrogen) atoms. The van der Waals surface area contributed by atoms with Crippen LogP contribution in [0.3, 0.4) is 0 Å². The molecule has 0 unspecified atom stereocenters. The number of anilines is 3. The van der Waals surface area contributed by atoms with Gasteiger partial charge < -0.3 is 16.8 Å². The van der Waals surface area contributed by atoms with Gasteiger partial charge in [0, 0.05) is 46.3 Å². The molecule has 0 aliphatic heterocycles. The normalized spacial score (nSPS) is 10.4. The molecule has 0 bridgehead atoms. The van der Waals surface area contributed by atoms with Gasteiger partial charge in [-0.15, -0.1) is 11.3 Å². The number of nitrogens with two attached hydrogens (primary N) is 2. The zero-order chi connectivity index (χ0) is 19.4. The third-order valence-electron chi connectivity index (χ3n) is 3.60. The molecule has 0 saturated carbocycles. The van der Waals surface area contributed by atoms with E-state index in [9.17, 15) is 4.79 Å². The molecule has 3 aromatic heterocycles. The molecule has 138 valence electrons. The van der Waals surface area contributed by atoms with Crippen molar-refractivity contribution in [2.24, 2.45) is 0 Å². The number of hydrogen-bond donors (Lipinski definition) is 5. The molecular weight excluding hydrogens is 364 g/mol. The topological polar surface area (TPSA) is 156 Å². The maximum absolute atomic E-state index is 12.0. The van der Waals surface area contributed by atoms with Crippen molar-refractivity contribution in [3.8, 4) is 0 Å².